The van der Waals surface area contributed by atoms with Gasteiger partial charge in [0, 0.05) is 6.42 Å². The lowest BCUT2D eigenvalue weighted by Gasteiger charge is -2.42. The fraction of sp³-hybridized carbons (Fsp3) is 0.233. The summed E-state index contributed by atoms with van der Waals surface area (Å²) in [5.41, 5.74) is 5.12. The van der Waals surface area contributed by atoms with Crippen LogP contribution in [0.1, 0.15) is 40.5 Å². The van der Waals surface area contributed by atoms with Crippen LogP contribution in [0.15, 0.2) is 96.3 Å². The lowest BCUT2D eigenvalue weighted by Crippen LogP contribution is -2.41. The van der Waals surface area contributed by atoms with Gasteiger partial charge in [0.05, 0.1) is 25.4 Å². The highest BCUT2D eigenvalue weighted by Gasteiger charge is 2.45. The number of benzene rings is 3. The minimum atomic E-state index is -0.857. The number of rotatable bonds is 5. The van der Waals surface area contributed by atoms with Gasteiger partial charge in [0.1, 0.15) is 17.9 Å². The van der Waals surface area contributed by atoms with E-state index in [2.05, 4.69) is 63.5 Å². The zero-order valence-electron chi connectivity index (χ0n) is 20.5. The van der Waals surface area contributed by atoms with Crippen LogP contribution in [0.5, 0.6) is 0 Å². The number of H-pyrrole nitrogens is 1. The Kier molecular flexibility index (Phi) is 5.47. The van der Waals surface area contributed by atoms with Gasteiger partial charge in [-0.15, -0.1) is 0 Å². The molecule has 0 spiro atoms. The topological polar surface area (TPSA) is 102 Å². The second-order valence-electron chi connectivity index (χ2n) is 9.84. The molecule has 3 aromatic carbocycles. The van der Waals surface area contributed by atoms with E-state index < -0.39 is 24.0 Å². The van der Waals surface area contributed by atoms with E-state index in [0.717, 1.165) is 23.1 Å². The number of imidazole rings is 1. The van der Waals surface area contributed by atoms with Crippen LogP contribution in [-0.2, 0) is 21.5 Å². The van der Waals surface area contributed by atoms with Crippen molar-refractivity contribution >= 4 is 11.2 Å². The van der Waals surface area contributed by atoms with Crippen LogP contribution < -0.4 is 5.56 Å². The van der Waals surface area contributed by atoms with E-state index >= 15 is 0 Å². The normalized spacial score (nSPS) is 21.8. The van der Waals surface area contributed by atoms with E-state index in [1.54, 1.807) is 4.57 Å². The smallest absolute Gasteiger partial charge is 0.278 e. The molecule has 2 aromatic heterocycles. The molecule has 8 nitrogen and oxygen atoms in total. The predicted octanol–water partition coefficient (Wildman–Crippen LogP) is 3.68. The van der Waals surface area contributed by atoms with Gasteiger partial charge in [0.25, 0.3) is 5.56 Å². The summed E-state index contributed by atoms with van der Waals surface area (Å²) >= 11 is 0. The molecule has 0 bridgehead atoms. The zero-order chi connectivity index (χ0) is 25.7. The number of fused-ring (bicyclic) bond motifs is 3. The summed E-state index contributed by atoms with van der Waals surface area (Å²) in [6.07, 6.45) is 2.18. The fourth-order valence-electron chi connectivity index (χ4n) is 5.93. The summed E-state index contributed by atoms with van der Waals surface area (Å²) in [7, 11) is 0. The van der Waals surface area contributed by atoms with Gasteiger partial charge in [-0.3, -0.25) is 9.36 Å². The number of hydrogen-bond donors (Lipinski definition) is 2. The third-order valence-corrected chi connectivity index (χ3v) is 7.70. The van der Waals surface area contributed by atoms with Crippen molar-refractivity contribution < 1.29 is 14.6 Å². The fourth-order valence-corrected chi connectivity index (χ4v) is 5.93. The summed E-state index contributed by atoms with van der Waals surface area (Å²) < 4.78 is 15.0. The third kappa shape index (κ3) is 3.53. The first-order chi connectivity index (χ1) is 18.6. The first kappa shape index (κ1) is 23.0. The van der Waals surface area contributed by atoms with E-state index in [1.807, 2.05) is 30.3 Å². The average molecular weight is 507 g/mol. The van der Waals surface area contributed by atoms with Gasteiger partial charge in [0.2, 0.25) is 0 Å². The molecule has 2 N–H and O–H groups in total. The minimum absolute atomic E-state index is 0.163. The lowest BCUT2D eigenvalue weighted by atomic mass is 9.71. The van der Waals surface area contributed by atoms with Crippen molar-refractivity contribution in [3.63, 3.8) is 0 Å². The van der Waals surface area contributed by atoms with Crippen molar-refractivity contribution in [2.75, 3.05) is 6.61 Å². The van der Waals surface area contributed by atoms with E-state index in [4.69, 9.17) is 9.47 Å². The Labute approximate surface area is 218 Å². The van der Waals surface area contributed by atoms with Crippen molar-refractivity contribution in [2.45, 2.75) is 36.9 Å². The Morgan fingerprint density at radius 1 is 0.974 bits per heavy atom. The highest BCUT2D eigenvalue weighted by Crippen LogP contribution is 2.47. The van der Waals surface area contributed by atoms with Gasteiger partial charge < -0.3 is 19.6 Å². The van der Waals surface area contributed by atoms with Crippen LogP contribution in [0.3, 0.4) is 0 Å². The van der Waals surface area contributed by atoms with E-state index in [1.165, 1.54) is 23.8 Å². The molecular formula is C30H26N4O4. The molecule has 0 saturated carbocycles. The first-order valence-corrected chi connectivity index (χ1v) is 12.7. The molecule has 1 fully saturated rings. The number of nitrogens with zero attached hydrogens (tertiary/aromatic N) is 3. The van der Waals surface area contributed by atoms with Gasteiger partial charge in [0.15, 0.2) is 11.2 Å². The number of ether oxygens (including phenoxy) is 2. The molecule has 7 rings (SSSR count). The first-order valence-electron chi connectivity index (χ1n) is 12.7. The van der Waals surface area contributed by atoms with Crippen LogP contribution in [0.2, 0.25) is 0 Å². The molecule has 3 atom stereocenters. The molecule has 5 aromatic rings. The molecule has 3 heterocycles. The van der Waals surface area contributed by atoms with Crippen molar-refractivity contribution in [3.05, 3.63) is 130 Å². The molecule has 0 radical (unpaired) electrons. The van der Waals surface area contributed by atoms with E-state index in [-0.39, 0.29) is 17.7 Å². The number of nitrogens with one attached hydrogen (secondary N) is 1. The van der Waals surface area contributed by atoms with Gasteiger partial charge in [-0.1, -0.05) is 78.9 Å². The van der Waals surface area contributed by atoms with Crippen molar-refractivity contribution in [1.29, 1.82) is 0 Å². The standard InChI is InChI=1S/C30H26N4O4/c35-24-15-26(34-18-33-27-28(34)31-17-32-29(27)36)38-25(24)16-37-30(21-10-2-1-3-11-21)22-12-6-4-8-19(22)14-20-9-5-7-13-23(20)30/h1-13,17-18,24-26,35H,14-16H2,(H,31,32,36)/t24-,25-,26-/m1/s1. The molecule has 1 aliphatic carbocycles. The quantitative estimate of drug-likeness (QED) is 0.377. The van der Waals surface area contributed by atoms with Gasteiger partial charge in [-0.25, -0.2) is 9.97 Å². The summed E-state index contributed by atoms with van der Waals surface area (Å²) in [4.78, 5) is 23.1. The monoisotopic (exact) mass is 506 g/mol. The minimum Gasteiger partial charge on any atom is -0.390 e. The summed E-state index contributed by atoms with van der Waals surface area (Å²) in [5.74, 6) is 0. The molecule has 0 unspecified atom stereocenters. The van der Waals surface area contributed by atoms with E-state index in [9.17, 15) is 9.90 Å². The Morgan fingerprint density at radius 3 is 2.39 bits per heavy atom. The van der Waals surface area contributed by atoms with Crippen LogP contribution in [-0.4, -0.2) is 43.4 Å². The average Bonchev–Trinajstić information content (AvgIpc) is 3.55. The summed E-state index contributed by atoms with van der Waals surface area (Å²) in [5, 5.41) is 11.0. The summed E-state index contributed by atoms with van der Waals surface area (Å²) in [6.45, 7) is 0.163. The number of aromatic nitrogens is 4. The molecule has 0 amide bonds. The highest BCUT2D eigenvalue weighted by molar-refractivity contribution is 5.68. The van der Waals surface area contributed by atoms with Crippen molar-refractivity contribution in [2.24, 2.45) is 0 Å². The second kappa shape index (κ2) is 9.02. The van der Waals surface area contributed by atoms with Crippen LogP contribution in [0.4, 0.5) is 0 Å². The zero-order valence-corrected chi connectivity index (χ0v) is 20.5. The summed E-state index contributed by atoms with van der Waals surface area (Å²) in [6, 6.07) is 27.0. The Bertz CT molecular complexity index is 1630. The SMILES string of the molecule is O=c1[nH]cnc2c1ncn2[C@H]1C[C@@H](O)[C@@H](COC2(c3ccccc3)c3ccccc3Cc3ccccc32)O1. The van der Waals surface area contributed by atoms with Crippen LogP contribution >= 0.6 is 0 Å². The Hall–Kier alpha value is -4.11. The molecule has 2 aliphatic rings. The Morgan fingerprint density at radius 2 is 1.66 bits per heavy atom. The van der Waals surface area contributed by atoms with Crippen LogP contribution in [0.25, 0.3) is 11.2 Å². The van der Waals surface area contributed by atoms with Crippen molar-refractivity contribution in [3.8, 4) is 0 Å². The molecule has 8 heteroatoms. The molecule has 1 saturated heterocycles. The number of aliphatic hydroxyl groups is 1. The Balaban J connectivity index is 1.26. The van der Waals surface area contributed by atoms with Crippen LogP contribution in [0, 0.1) is 0 Å². The lowest BCUT2D eigenvalue weighted by molar-refractivity contribution is -0.0939. The highest BCUT2D eigenvalue weighted by atomic mass is 16.6. The number of hydrogen-bond acceptors (Lipinski definition) is 6. The third-order valence-electron chi connectivity index (χ3n) is 7.70. The maximum Gasteiger partial charge on any atom is 0.278 e. The molecular weight excluding hydrogens is 480 g/mol. The maximum absolute atomic E-state index is 12.1. The largest absolute Gasteiger partial charge is 0.390 e. The molecule has 190 valence electrons. The predicted molar refractivity (Wildman–Crippen MR) is 141 cm³/mol. The second-order valence-corrected chi connectivity index (χ2v) is 9.84. The number of aliphatic hydroxyl groups excluding tert-OH is 1. The maximum atomic E-state index is 12.1. The molecule has 1 aliphatic heterocycles. The van der Waals surface area contributed by atoms with Gasteiger partial charge >= 0.3 is 0 Å². The van der Waals surface area contributed by atoms with E-state index in [0.29, 0.717) is 12.1 Å². The van der Waals surface area contributed by atoms with Gasteiger partial charge in [-0.2, -0.15) is 0 Å². The molecule has 38 heavy (non-hydrogen) atoms. The van der Waals surface area contributed by atoms with Gasteiger partial charge in [-0.05, 0) is 34.2 Å². The van der Waals surface area contributed by atoms with Crippen molar-refractivity contribution in [1.82, 2.24) is 19.5 Å². The number of aromatic amines is 1.